The largest absolute Gasteiger partial charge is 0.454 e. The second kappa shape index (κ2) is 10.6. The lowest BCUT2D eigenvalue weighted by atomic mass is 9.82. The molecule has 5 aliphatic rings. The van der Waals surface area contributed by atoms with E-state index in [0.29, 0.717) is 5.92 Å². The van der Waals surface area contributed by atoms with Crippen LogP contribution in [0.15, 0.2) is 17.5 Å². The van der Waals surface area contributed by atoms with E-state index >= 15 is 0 Å². The summed E-state index contributed by atoms with van der Waals surface area (Å²) in [6.45, 7) is 7.65. The normalized spacial score (nSPS) is 32.6. The standard InChI is InChI=1S/C27H43N2O4S/c30-23-9-14-28(15-10-23)13-3-4-16-29-17-11-21(12-18-29)24(20-29)33-26(31)27(32,22-6-1-2-7-22)25-8-5-19-34-25/h5,8,19,21-24,30,32H,1-4,6-7,9-18,20H2/q+1/t21?,24-,27+,29?/m0/s1. The van der Waals surface area contributed by atoms with Gasteiger partial charge in [0.2, 0.25) is 0 Å². The summed E-state index contributed by atoms with van der Waals surface area (Å²) in [5.41, 5.74) is -1.48. The number of quaternary nitrogens is 1. The number of hydrogen-bond donors (Lipinski definition) is 2. The zero-order valence-electron chi connectivity index (χ0n) is 20.6. The van der Waals surface area contributed by atoms with Gasteiger partial charge >= 0.3 is 5.97 Å². The molecule has 190 valence electrons. The van der Waals surface area contributed by atoms with Gasteiger partial charge in [0, 0.05) is 42.6 Å². The quantitative estimate of drug-likeness (QED) is 0.314. The van der Waals surface area contributed by atoms with Crippen LogP contribution in [0.3, 0.4) is 0 Å². The van der Waals surface area contributed by atoms with E-state index in [1.54, 1.807) is 0 Å². The first-order valence-corrected chi connectivity index (χ1v) is 14.6. The number of esters is 1. The van der Waals surface area contributed by atoms with Gasteiger partial charge < -0.3 is 24.3 Å². The van der Waals surface area contributed by atoms with Crippen LogP contribution < -0.4 is 0 Å². The first-order valence-electron chi connectivity index (χ1n) is 13.7. The summed E-state index contributed by atoms with van der Waals surface area (Å²) in [6.07, 6.45) is 10.3. The Bertz CT molecular complexity index is 796. The fourth-order valence-corrected chi connectivity index (χ4v) is 8.02. The van der Waals surface area contributed by atoms with E-state index in [1.807, 2.05) is 17.5 Å². The van der Waals surface area contributed by atoms with E-state index in [1.165, 1.54) is 37.3 Å². The van der Waals surface area contributed by atoms with Crippen molar-refractivity contribution < 1.29 is 24.2 Å². The van der Waals surface area contributed by atoms with Crippen LogP contribution >= 0.6 is 11.3 Å². The summed E-state index contributed by atoms with van der Waals surface area (Å²) in [5, 5.41) is 23.4. The number of carbonyl (C=O) groups excluding carboxylic acids is 1. The molecule has 0 spiro atoms. The van der Waals surface area contributed by atoms with Gasteiger partial charge in [-0.2, -0.15) is 0 Å². The summed E-state index contributed by atoms with van der Waals surface area (Å²) in [7, 11) is 0. The topological polar surface area (TPSA) is 70.0 Å². The fourth-order valence-electron chi connectivity index (χ4n) is 7.13. The van der Waals surface area contributed by atoms with Crippen LogP contribution in [-0.4, -0.2) is 83.6 Å². The minimum atomic E-state index is -1.48. The van der Waals surface area contributed by atoms with Crippen molar-refractivity contribution in [2.75, 3.05) is 45.8 Å². The van der Waals surface area contributed by atoms with Gasteiger partial charge in [-0.25, -0.2) is 4.79 Å². The molecule has 2 N–H and O–H groups in total. The van der Waals surface area contributed by atoms with E-state index in [2.05, 4.69) is 4.90 Å². The molecule has 6 nitrogen and oxygen atoms in total. The van der Waals surface area contributed by atoms with Gasteiger partial charge in [0.05, 0.1) is 25.7 Å². The van der Waals surface area contributed by atoms with Crippen molar-refractivity contribution in [2.24, 2.45) is 11.8 Å². The highest BCUT2D eigenvalue weighted by Crippen LogP contribution is 2.44. The Labute approximate surface area is 208 Å². The Kier molecular flexibility index (Phi) is 7.66. The average Bonchev–Trinajstić information content (AvgIpc) is 3.58. The molecular weight excluding hydrogens is 448 g/mol. The van der Waals surface area contributed by atoms with E-state index < -0.39 is 11.6 Å². The molecule has 4 aliphatic heterocycles. The molecule has 1 saturated carbocycles. The Morgan fingerprint density at radius 2 is 1.85 bits per heavy atom. The highest BCUT2D eigenvalue weighted by molar-refractivity contribution is 7.10. The van der Waals surface area contributed by atoms with Crippen LogP contribution in [0.4, 0.5) is 0 Å². The highest BCUT2D eigenvalue weighted by Gasteiger charge is 2.53. The van der Waals surface area contributed by atoms with Crippen LogP contribution in [0, 0.1) is 11.8 Å². The Morgan fingerprint density at radius 1 is 1.12 bits per heavy atom. The molecule has 5 heterocycles. The highest BCUT2D eigenvalue weighted by atomic mass is 32.1. The van der Waals surface area contributed by atoms with Crippen molar-refractivity contribution in [3.05, 3.63) is 22.4 Å². The summed E-state index contributed by atoms with van der Waals surface area (Å²) >= 11 is 1.47. The summed E-state index contributed by atoms with van der Waals surface area (Å²) in [5.74, 6) is 0.0182. The molecule has 7 heteroatoms. The average molecular weight is 492 g/mol. The second-order valence-electron chi connectivity index (χ2n) is 11.5. The molecule has 0 aromatic carbocycles. The van der Waals surface area contributed by atoms with Crippen molar-refractivity contribution in [3.8, 4) is 0 Å². The summed E-state index contributed by atoms with van der Waals surface area (Å²) in [6, 6.07) is 3.82. The number of aliphatic hydroxyl groups excluding tert-OH is 1. The van der Waals surface area contributed by atoms with Crippen LogP contribution in [0.5, 0.6) is 0 Å². The SMILES string of the molecule is O=C(O[C@H]1C[N+]2(CCCCN3CCC(O)CC3)CCC1CC2)[C@](O)(c1cccs1)C1CCCC1. The smallest absolute Gasteiger partial charge is 0.344 e. The first-order chi connectivity index (χ1) is 16.5. The molecule has 0 amide bonds. The van der Waals surface area contributed by atoms with Crippen LogP contribution in [0.1, 0.15) is 69.1 Å². The minimum absolute atomic E-state index is 0.0289. The molecule has 2 bridgehead atoms. The number of carbonyl (C=O) groups is 1. The Balaban J connectivity index is 1.17. The Morgan fingerprint density at radius 3 is 2.53 bits per heavy atom. The molecule has 5 fully saturated rings. The number of piperidine rings is 4. The lowest BCUT2D eigenvalue weighted by molar-refractivity contribution is -0.946. The number of likely N-dealkylation sites (tertiary alicyclic amines) is 1. The zero-order valence-corrected chi connectivity index (χ0v) is 21.4. The molecule has 0 radical (unpaired) electrons. The molecule has 1 aromatic heterocycles. The number of aliphatic hydroxyl groups is 2. The van der Waals surface area contributed by atoms with Gasteiger partial charge in [0.15, 0.2) is 11.7 Å². The number of thiophene rings is 1. The molecule has 1 aliphatic carbocycles. The van der Waals surface area contributed by atoms with E-state index in [4.69, 9.17) is 4.74 Å². The summed E-state index contributed by atoms with van der Waals surface area (Å²) < 4.78 is 7.31. The summed E-state index contributed by atoms with van der Waals surface area (Å²) in [4.78, 5) is 16.8. The Hall–Kier alpha value is -0.990. The molecule has 0 unspecified atom stereocenters. The molecule has 34 heavy (non-hydrogen) atoms. The second-order valence-corrected chi connectivity index (χ2v) is 12.4. The number of ether oxygens (including phenoxy) is 1. The molecule has 2 atom stereocenters. The maximum absolute atomic E-state index is 13.6. The number of hydrogen-bond acceptors (Lipinski definition) is 6. The van der Waals surface area contributed by atoms with E-state index in [0.717, 1.165) is 93.5 Å². The van der Waals surface area contributed by atoms with E-state index in [9.17, 15) is 15.0 Å². The molecule has 1 aromatic rings. The number of unbranched alkanes of at least 4 members (excludes halogenated alkanes) is 1. The monoisotopic (exact) mass is 491 g/mol. The molecule has 6 rings (SSSR count). The van der Waals surface area contributed by atoms with Crippen molar-refractivity contribution in [3.63, 3.8) is 0 Å². The fraction of sp³-hybridized carbons (Fsp3) is 0.815. The van der Waals surface area contributed by atoms with Gasteiger partial charge in [-0.3, -0.25) is 0 Å². The predicted molar refractivity (Wildman–Crippen MR) is 133 cm³/mol. The van der Waals surface area contributed by atoms with Gasteiger partial charge in [0.1, 0.15) is 6.54 Å². The van der Waals surface area contributed by atoms with Gasteiger partial charge in [-0.1, -0.05) is 18.9 Å². The third-order valence-corrected chi connectivity index (χ3v) is 10.4. The zero-order chi connectivity index (χ0) is 23.6. The van der Waals surface area contributed by atoms with Crippen LogP contribution in [0.2, 0.25) is 0 Å². The van der Waals surface area contributed by atoms with Crippen molar-refractivity contribution >= 4 is 17.3 Å². The van der Waals surface area contributed by atoms with E-state index in [-0.39, 0.29) is 18.1 Å². The number of nitrogens with zero attached hydrogens (tertiary/aromatic N) is 2. The predicted octanol–water partition coefficient (Wildman–Crippen LogP) is 3.52. The maximum Gasteiger partial charge on any atom is 0.344 e. The lowest BCUT2D eigenvalue weighted by Crippen LogP contribution is -2.65. The third-order valence-electron chi connectivity index (χ3n) is 9.37. The van der Waals surface area contributed by atoms with Gasteiger partial charge in [0.25, 0.3) is 0 Å². The third kappa shape index (κ3) is 5.10. The van der Waals surface area contributed by atoms with Crippen LogP contribution in [0.25, 0.3) is 0 Å². The van der Waals surface area contributed by atoms with Gasteiger partial charge in [-0.15, -0.1) is 11.3 Å². The maximum atomic E-state index is 13.6. The number of rotatable bonds is 9. The van der Waals surface area contributed by atoms with Crippen molar-refractivity contribution in [1.82, 2.24) is 4.90 Å². The van der Waals surface area contributed by atoms with Gasteiger partial charge in [-0.05, 0) is 56.5 Å². The molecule has 4 saturated heterocycles. The first kappa shape index (κ1) is 24.7. The minimum Gasteiger partial charge on any atom is -0.454 e. The van der Waals surface area contributed by atoms with Crippen molar-refractivity contribution in [1.29, 1.82) is 0 Å². The van der Waals surface area contributed by atoms with Crippen LogP contribution in [-0.2, 0) is 15.1 Å². The lowest BCUT2D eigenvalue weighted by Gasteiger charge is -2.52. The molecular formula is C27H43N2O4S+. The number of fused-ring (bicyclic) bond motifs is 3. The van der Waals surface area contributed by atoms with Crippen molar-refractivity contribution in [2.45, 2.75) is 82.0 Å².